The van der Waals surface area contributed by atoms with Gasteiger partial charge in [0.05, 0.1) is 11.0 Å². The highest BCUT2D eigenvalue weighted by atomic mass is 32.2. The van der Waals surface area contributed by atoms with E-state index in [1.807, 2.05) is 19.1 Å². The number of fused-ring (bicyclic) bond motifs is 2. The van der Waals surface area contributed by atoms with E-state index in [1.54, 1.807) is 12.1 Å². The molecule has 0 bridgehead atoms. The maximum atomic E-state index is 13.1. The van der Waals surface area contributed by atoms with Crippen LogP contribution in [0, 0.1) is 21.4 Å². The molecule has 0 amide bonds. The number of thioether (sulfide) groups is 1. The number of aromatic nitrogens is 1. The molecular formula is C19H15N5O3S. The number of allylic oxidation sites excluding steroid dienone is 2. The van der Waals surface area contributed by atoms with E-state index in [1.165, 1.54) is 30.1 Å². The molecule has 8 nitrogen and oxygen atoms in total. The lowest BCUT2D eigenvalue weighted by molar-refractivity contribution is -0.383. The largest absolute Gasteiger partial charge is 0.345 e. The number of hydrogen-bond acceptors (Lipinski definition) is 8. The molecule has 0 saturated carbocycles. The summed E-state index contributed by atoms with van der Waals surface area (Å²) < 4.78 is 0. The van der Waals surface area contributed by atoms with Gasteiger partial charge in [0.15, 0.2) is 0 Å². The molecule has 2 atom stereocenters. The number of nitrogens with zero attached hydrogens (tertiary/aromatic N) is 3. The Morgan fingerprint density at radius 3 is 3.07 bits per heavy atom. The molecule has 9 heteroatoms. The average Bonchev–Trinajstić information content (AvgIpc) is 3.01. The Labute approximate surface area is 164 Å². The maximum Gasteiger partial charge on any atom is 0.281 e. The third kappa shape index (κ3) is 3.13. The number of nitriles is 1. The van der Waals surface area contributed by atoms with Crippen LogP contribution in [0.4, 0.5) is 11.5 Å². The lowest BCUT2D eigenvalue weighted by Crippen LogP contribution is -2.48. The fraction of sp³-hybridized carbons (Fsp3) is 0.211. The number of nitrogens with one attached hydrogen (secondary N) is 2. The molecule has 4 rings (SSSR count). The van der Waals surface area contributed by atoms with Crippen LogP contribution in [0.5, 0.6) is 0 Å². The third-order valence-electron chi connectivity index (χ3n) is 4.66. The molecule has 0 fully saturated rings. The van der Waals surface area contributed by atoms with Gasteiger partial charge in [-0.15, -0.1) is 0 Å². The zero-order chi connectivity index (χ0) is 19.9. The van der Waals surface area contributed by atoms with E-state index in [0.29, 0.717) is 28.1 Å². The molecule has 1 aromatic carbocycles. The molecule has 2 aromatic rings. The lowest BCUT2D eigenvalue weighted by Gasteiger charge is -2.31. The van der Waals surface area contributed by atoms with Crippen molar-refractivity contribution in [3.8, 4) is 6.07 Å². The minimum Gasteiger partial charge on any atom is -0.345 e. The van der Waals surface area contributed by atoms with Gasteiger partial charge in [0.2, 0.25) is 5.43 Å². The van der Waals surface area contributed by atoms with Crippen molar-refractivity contribution < 1.29 is 4.92 Å². The van der Waals surface area contributed by atoms with Crippen LogP contribution in [0.1, 0.15) is 13.3 Å². The number of hydrogen-bond donors (Lipinski definition) is 2. The summed E-state index contributed by atoms with van der Waals surface area (Å²) in [6.45, 7) is 1.96. The second-order valence-corrected chi connectivity index (χ2v) is 7.90. The highest BCUT2D eigenvalue weighted by Gasteiger charge is 2.33. The van der Waals surface area contributed by atoms with Crippen LogP contribution in [0.25, 0.3) is 10.8 Å². The normalized spacial score (nSPS) is 22.9. The fourth-order valence-electron chi connectivity index (χ4n) is 3.38. The maximum absolute atomic E-state index is 13.1. The standard InChI is InChI=1S/C19H15N5O3S/c1-19(7-3-4-11(8-19)9-20)23-18-22-17-16(28-18)15(25)14-12(10-21-17)5-2-6-13(14)24(26)27/h2-6,8,10,18,22-23H,7H2,1H3. The number of benzene rings is 1. The van der Waals surface area contributed by atoms with Crippen LogP contribution < -0.4 is 16.1 Å². The second kappa shape index (κ2) is 6.74. The zero-order valence-electron chi connectivity index (χ0n) is 14.8. The summed E-state index contributed by atoms with van der Waals surface area (Å²) in [7, 11) is 0. The Morgan fingerprint density at radius 1 is 1.50 bits per heavy atom. The monoisotopic (exact) mass is 393 g/mol. The molecule has 28 heavy (non-hydrogen) atoms. The average molecular weight is 393 g/mol. The summed E-state index contributed by atoms with van der Waals surface area (Å²) in [5, 5.41) is 27.5. The highest BCUT2D eigenvalue weighted by Crippen LogP contribution is 2.36. The second-order valence-electron chi connectivity index (χ2n) is 6.79. The van der Waals surface area contributed by atoms with Crippen LogP contribution in [-0.4, -0.2) is 20.9 Å². The van der Waals surface area contributed by atoms with E-state index in [-0.39, 0.29) is 16.6 Å². The molecule has 1 aromatic heterocycles. The van der Waals surface area contributed by atoms with Crippen LogP contribution in [0.15, 0.2) is 57.9 Å². The predicted octanol–water partition coefficient (Wildman–Crippen LogP) is 3.06. The van der Waals surface area contributed by atoms with E-state index in [9.17, 15) is 14.9 Å². The van der Waals surface area contributed by atoms with Crippen LogP contribution in [0.2, 0.25) is 0 Å². The van der Waals surface area contributed by atoms with Crippen molar-refractivity contribution in [2.24, 2.45) is 0 Å². The molecule has 2 N–H and O–H groups in total. The number of anilines is 1. The summed E-state index contributed by atoms with van der Waals surface area (Å²) >= 11 is 1.24. The number of nitro groups is 1. The summed E-state index contributed by atoms with van der Waals surface area (Å²) in [5.41, 5.74) is -0.906. The Kier molecular flexibility index (Phi) is 4.37. The van der Waals surface area contributed by atoms with Crippen LogP contribution in [-0.2, 0) is 0 Å². The van der Waals surface area contributed by atoms with Crippen molar-refractivity contribution in [1.29, 1.82) is 5.26 Å². The quantitative estimate of drug-likeness (QED) is 0.603. The van der Waals surface area contributed by atoms with Crippen molar-refractivity contribution in [1.82, 2.24) is 10.3 Å². The predicted molar refractivity (Wildman–Crippen MR) is 107 cm³/mol. The minimum atomic E-state index is -0.553. The first kappa shape index (κ1) is 18.2. The van der Waals surface area contributed by atoms with Gasteiger partial charge in [0, 0.05) is 28.8 Å². The first-order valence-electron chi connectivity index (χ1n) is 8.51. The van der Waals surface area contributed by atoms with Crippen LogP contribution >= 0.6 is 11.8 Å². The van der Waals surface area contributed by atoms with Gasteiger partial charge in [0.1, 0.15) is 21.6 Å². The van der Waals surface area contributed by atoms with Crippen molar-refractivity contribution in [3.63, 3.8) is 0 Å². The fourth-order valence-corrected chi connectivity index (χ4v) is 4.54. The van der Waals surface area contributed by atoms with Crippen molar-refractivity contribution in [3.05, 3.63) is 68.5 Å². The van der Waals surface area contributed by atoms with Gasteiger partial charge in [-0.3, -0.25) is 20.2 Å². The van der Waals surface area contributed by atoms with E-state index in [2.05, 4.69) is 21.7 Å². The number of rotatable bonds is 3. The topological polar surface area (TPSA) is 121 Å². The number of non-ortho nitro benzene ring substituents is 1. The molecule has 2 aliphatic rings. The zero-order valence-corrected chi connectivity index (χ0v) is 15.6. The van der Waals surface area contributed by atoms with Gasteiger partial charge >= 0.3 is 0 Å². The molecule has 140 valence electrons. The molecule has 0 saturated heterocycles. The van der Waals surface area contributed by atoms with Gasteiger partial charge in [0.25, 0.3) is 5.69 Å². The van der Waals surface area contributed by atoms with Crippen molar-refractivity contribution in [2.45, 2.75) is 29.3 Å². The molecule has 2 unspecified atom stereocenters. The Bertz CT molecular complexity index is 1170. The van der Waals surface area contributed by atoms with Crippen molar-refractivity contribution in [2.75, 3.05) is 5.32 Å². The minimum absolute atomic E-state index is 0.0506. The first-order valence-corrected chi connectivity index (χ1v) is 9.39. The summed E-state index contributed by atoms with van der Waals surface area (Å²) in [6.07, 6.45) is 7.71. The van der Waals surface area contributed by atoms with E-state index in [4.69, 9.17) is 5.26 Å². The Morgan fingerprint density at radius 2 is 2.32 bits per heavy atom. The third-order valence-corrected chi connectivity index (χ3v) is 5.75. The van der Waals surface area contributed by atoms with E-state index in [0.717, 1.165) is 0 Å². The molecule has 1 aliphatic carbocycles. The Hall–Kier alpha value is -3.22. The van der Waals surface area contributed by atoms with Gasteiger partial charge < -0.3 is 5.32 Å². The van der Waals surface area contributed by atoms with Crippen LogP contribution in [0.3, 0.4) is 0 Å². The summed E-state index contributed by atoms with van der Waals surface area (Å²) in [5.74, 6) is 0.387. The smallest absolute Gasteiger partial charge is 0.281 e. The van der Waals surface area contributed by atoms with Gasteiger partial charge in [-0.05, 0) is 25.5 Å². The van der Waals surface area contributed by atoms with E-state index >= 15 is 0 Å². The molecule has 1 aliphatic heterocycles. The van der Waals surface area contributed by atoms with Gasteiger partial charge in [-0.1, -0.05) is 30.0 Å². The van der Waals surface area contributed by atoms with Gasteiger partial charge in [-0.2, -0.15) is 5.26 Å². The van der Waals surface area contributed by atoms with E-state index < -0.39 is 15.9 Å². The molecule has 0 radical (unpaired) electrons. The Balaban J connectivity index is 1.71. The molecule has 2 heterocycles. The SMILES string of the molecule is CC1(NC2Nc3ncc4cccc([N+](=O)[O-])c4c(=O)c3S2)C=C(C#N)C=CC1. The highest BCUT2D eigenvalue weighted by molar-refractivity contribution is 8.00. The van der Waals surface area contributed by atoms with Gasteiger partial charge in [-0.25, -0.2) is 4.98 Å². The van der Waals surface area contributed by atoms with Crippen molar-refractivity contribution >= 4 is 34.0 Å². The number of nitro benzene ring substituents is 1. The summed E-state index contributed by atoms with van der Waals surface area (Å²) in [6, 6.07) is 6.62. The molecule has 0 spiro atoms. The summed E-state index contributed by atoms with van der Waals surface area (Å²) in [4.78, 5) is 28.5. The first-order chi connectivity index (χ1) is 13.4. The molecular weight excluding hydrogens is 378 g/mol. The lowest BCUT2D eigenvalue weighted by atomic mass is 9.90.